The topological polar surface area (TPSA) is 61.8 Å². The molecule has 0 bridgehead atoms. The summed E-state index contributed by atoms with van der Waals surface area (Å²) in [7, 11) is -3.88. The van der Waals surface area contributed by atoms with E-state index in [1.54, 1.807) is 13.0 Å². The maximum Gasteiger partial charge on any atom is 0.330 e. The van der Waals surface area contributed by atoms with Gasteiger partial charge in [0.15, 0.2) is 8.32 Å². The first kappa shape index (κ1) is 20.1. The third-order valence-corrected chi connectivity index (χ3v) is 9.46. The highest BCUT2D eigenvalue weighted by molar-refractivity contribution is 6.84. The Kier molecular flexibility index (Phi) is 8.76. The van der Waals surface area contributed by atoms with E-state index in [1.807, 2.05) is 0 Å². The summed E-state index contributed by atoms with van der Waals surface area (Å²) >= 11 is 0. The van der Waals surface area contributed by atoms with Crippen LogP contribution in [0, 0.1) is 0 Å². The molecule has 0 fully saturated rings. The van der Waals surface area contributed by atoms with Crippen molar-refractivity contribution in [1.29, 1.82) is 0 Å². The molecule has 122 valence electrons. The van der Waals surface area contributed by atoms with E-state index < -0.39 is 16.6 Å². The molecule has 0 aliphatic carbocycles. The summed E-state index contributed by atoms with van der Waals surface area (Å²) in [5.41, 5.74) is 0. The average Bonchev–Trinajstić information content (AvgIpc) is 2.31. The second-order valence-corrected chi connectivity index (χ2v) is 14.8. The van der Waals surface area contributed by atoms with Crippen molar-refractivity contribution in [3.05, 3.63) is 12.2 Å². The van der Waals surface area contributed by atoms with Crippen molar-refractivity contribution in [2.24, 2.45) is 0 Å². The molecule has 5 nitrogen and oxygen atoms in total. The Labute approximate surface area is 129 Å². The van der Waals surface area contributed by atoms with Crippen LogP contribution in [0.25, 0.3) is 0 Å². The van der Waals surface area contributed by atoms with Crippen LogP contribution < -0.4 is 0 Å². The zero-order valence-corrected chi connectivity index (χ0v) is 16.0. The Morgan fingerprint density at radius 3 is 2.19 bits per heavy atom. The Morgan fingerprint density at radius 1 is 1.05 bits per heavy atom. The Morgan fingerprint density at radius 2 is 1.67 bits per heavy atom. The summed E-state index contributed by atoms with van der Waals surface area (Å²) in [5, 5.41) is 0. The number of carbonyl (C=O) groups is 2. The summed E-state index contributed by atoms with van der Waals surface area (Å²) in [6, 6.07) is 0.916. The monoisotopic (exact) mass is 332 g/mol. The van der Waals surface area contributed by atoms with Gasteiger partial charge in [0.1, 0.15) is 6.23 Å². The lowest BCUT2D eigenvalue weighted by molar-refractivity contribution is -0.141. The minimum atomic E-state index is -2.04. The van der Waals surface area contributed by atoms with Gasteiger partial charge >= 0.3 is 11.9 Å². The predicted octanol–water partition coefficient (Wildman–Crippen LogP) is 3.02. The van der Waals surface area contributed by atoms with Crippen LogP contribution in [0.1, 0.15) is 20.3 Å². The molecule has 7 heteroatoms. The molecule has 0 atom stereocenters. The van der Waals surface area contributed by atoms with Crippen molar-refractivity contribution in [3.63, 3.8) is 0 Å². The summed E-state index contributed by atoms with van der Waals surface area (Å²) in [6.07, 6.45) is 4.23. The molecular weight excluding hydrogens is 304 g/mol. The number of esters is 2. The maximum absolute atomic E-state index is 11.4. The van der Waals surface area contributed by atoms with E-state index in [2.05, 4.69) is 26.2 Å². The third-order valence-electron chi connectivity index (χ3n) is 2.65. The van der Waals surface area contributed by atoms with E-state index in [0.29, 0.717) is 12.8 Å². The van der Waals surface area contributed by atoms with E-state index in [4.69, 9.17) is 13.6 Å². The summed E-state index contributed by atoms with van der Waals surface area (Å²) in [5.74, 6) is -0.572. The van der Waals surface area contributed by atoms with Crippen molar-refractivity contribution < 1.29 is 23.2 Å². The molecule has 0 aromatic heterocycles. The van der Waals surface area contributed by atoms with Gasteiger partial charge in [-0.25, -0.2) is 4.79 Å². The molecule has 0 aliphatic rings. The minimum absolute atomic E-state index is 0.249. The number of hydrogen-bond donors (Lipinski definition) is 0. The van der Waals surface area contributed by atoms with Gasteiger partial charge in [-0.3, -0.25) is 4.79 Å². The molecule has 0 saturated heterocycles. The van der Waals surface area contributed by atoms with Crippen LogP contribution in [0.15, 0.2) is 12.2 Å². The van der Waals surface area contributed by atoms with Gasteiger partial charge in [-0.1, -0.05) is 6.08 Å². The van der Waals surface area contributed by atoms with E-state index in [-0.39, 0.29) is 11.9 Å². The van der Waals surface area contributed by atoms with Crippen LogP contribution in [0.4, 0.5) is 0 Å². The van der Waals surface area contributed by atoms with Crippen LogP contribution in [0.2, 0.25) is 32.2 Å². The number of hydrogen-bond acceptors (Lipinski definition) is 5. The largest absolute Gasteiger partial charge is 0.466 e. The summed E-state index contributed by atoms with van der Waals surface area (Å²) in [6.45, 7) is 12.0. The molecule has 0 unspecified atom stereocenters. The lowest BCUT2D eigenvalue weighted by Crippen LogP contribution is -2.48. The minimum Gasteiger partial charge on any atom is -0.466 e. The van der Waals surface area contributed by atoms with Gasteiger partial charge in [0.05, 0.1) is 6.61 Å². The first-order valence-corrected chi connectivity index (χ1v) is 13.4. The molecule has 0 amide bonds. The molecule has 0 aliphatic heterocycles. The molecule has 0 N–H and O–H groups in total. The summed E-state index contributed by atoms with van der Waals surface area (Å²) in [4.78, 5) is 22.1. The van der Waals surface area contributed by atoms with E-state index >= 15 is 0 Å². The first-order chi connectivity index (χ1) is 9.58. The molecule has 0 saturated carbocycles. The van der Waals surface area contributed by atoms with Crippen molar-refractivity contribution in [2.75, 3.05) is 12.8 Å². The van der Waals surface area contributed by atoms with Crippen LogP contribution in [-0.4, -0.2) is 41.4 Å². The van der Waals surface area contributed by atoms with Crippen LogP contribution in [0.5, 0.6) is 0 Å². The fourth-order valence-electron chi connectivity index (χ4n) is 1.97. The van der Waals surface area contributed by atoms with Gasteiger partial charge in [0.2, 0.25) is 8.32 Å². The zero-order chi connectivity index (χ0) is 16.5. The molecule has 0 rings (SSSR count). The van der Waals surface area contributed by atoms with E-state index in [1.165, 1.54) is 13.0 Å². The molecule has 21 heavy (non-hydrogen) atoms. The number of allylic oxidation sites excluding steroid dienone is 1. The first-order valence-electron chi connectivity index (χ1n) is 7.21. The van der Waals surface area contributed by atoms with Crippen molar-refractivity contribution in [2.45, 2.75) is 52.5 Å². The molecular formula is C14H28O5Si2. The number of rotatable bonds is 9. The SMILES string of the molecule is CC=CC(=O)OC[Si](C)(C)O[Si](C)(C)CCCOC(C)=O. The molecule has 0 aromatic carbocycles. The van der Waals surface area contributed by atoms with Gasteiger partial charge in [-0.2, -0.15) is 0 Å². The van der Waals surface area contributed by atoms with Crippen molar-refractivity contribution in [1.82, 2.24) is 0 Å². The Bertz CT molecular complexity index is 378. The molecule has 0 spiro atoms. The van der Waals surface area contributed by atoms with Crippen LogP contribution >= 0.6 is 0 Å². The summed E-state index contributed by atoms with van der Waals surface area (Å²) < 4.78 is 16.4. The van der Waals surface area contributed by atoms with E-state index in [0.717, 1.165) is 12.5 Å². The maximum atomic E-state index is 11.4. The molecule has 0 radical (unpaired) electrons. The quantitative estimate of drug-likeness (QED) is 0.281. The van der Waals surface area contributed by atoms with Gasteiger partial charge in [-0.05, 0) is 45.6 Å². The Hall–Kier alpha value is -0.926. The lowest BCUT2D eigenvalue weighted by Gasteiger charge is -2.33. The predicted molar refractivity (Wildman–Crippen MR) is 87.9 cm³/mol. The normalized spacial score (nSPS) is 12.5. The lowest BCUT2D eigenvalue weighted by atomic mass is 10.5. The Balaban J connectivity index is 4.20. The van der Waals surface area contributed by atoms with Crippen molar-refractivity contribution in [3.8, 4) is 0 Å². The number of ether oxygens (including phenoxy) is 2. The fourth-order valence-corrected chi connectivity index (χ4v) is 10.1. The van der Waals surface area contributed by atoms with Gasteiger partial charge in [0.25, 0.3) is 0 Å². The van der Waals surface area contributed by atoms with Crippen LogP contribution in [-0.2, 0) is 23.2 Å². The highest BCUT2D eigenvalue weighted by Gasteiger charge is 2.33. The smallest absolute Gasteiger partial charge is 0.330 e. The average molecular weight is 333 g/mol. The molecule has 0 heterocycles. The second kappa shape index (κ2) is 9.16. The van der Waals surface area contributed by atoms with E-state index in [9.17, 15) is 9.59 Å². The number of carbonyl (C=O) groups excluding carboxylic acids is 2. The van der Waals surface area contributed by atoms with Gasteiger partial charge in [-0.15, -0.1) is 0 Å². The third kappa shape index (κ3) is 11.4. The highest BCUT2D eigenvalue weighted by Crippen LogP contribution is 2.20. The standard InChI is InChI=1S/C14H28O5Si2/c1-7-9-14(16)18-12-21(5,6)19-20(3,4)11-8-10-17-13(2)15/h7,9H,8,10-12H2,1-6H3. The zero-order valence-electron chi connectivity index (χ0n) is 14.0. The van der Waals surface area contributed by atoms with Crippen LogP contribution in [0.3, 0.4) is 0 Å². The highest BCUT2D eigenvalue weighted by atomic mass is 28.4. The second-order valence-electron chi connectivity index (χ2n) is 6.17. The van der Waals surface area contributed by atoms with Gasteiger partial charge < -0.3 is 13.6 Å². The fraction of sp³-hybridized carbons (Fsp3) is 0.714. The van der Waals surface area contributed by atoms with Gasteiger partial charge in [0, 0.05) is 13.0 Å². The van der Waals surface area contributed by atoms with Crippen molar-refractivity contribution >= 4 is 28.6 Å². The molecule has 0 aromatic rings.